The van der Waals surface area contributed by atoms with E-state index in [1.54, 1.807) is 0 Å². The lowest BCUT2D eigenvalue weighted by Gasteiger charge is -2.58. The van der Waals surface area contributed by atoms with E-state index in [2.05, 4.69) is 41.0 Å². The van der Waals surface area contributed by atoms with Gasteiger partial charge in [-0.3, -0.25) is 4.79 Å². The van der Waals surface area contributed by atoms with E-state index in [0.29, 0.717) is 11.3 Å². The fourth-order valence-corrected chi connectivity index (χ4v) is 7.31. The van der Waals surface area contributed by atoms with Crippen LogP contribution in [0, 0.1) is 34.5 Å². The highest BCUT2D eigenvalue weighted by Crippen LogP contribution is 2.65. The summed E-state index contributed by atoms with van der Waals surface area (Å²) in [5.41, 5.74) is 2.09. The standard InChI is InChI=1S/C22H31N3O/c1-21-10-8-20(26)24-13-15(21)3-4-16-17-5-6-19(25-12-11-23-14-25)22(17,2)9-7-18(16)21/h6,11-12,14-18H,3-5,7-10,13H2,1-2H3,(H,24,26)/t15-,16-,17-,18-,21-,22-/m0/s1. The van der Waals surface area contributed by atoms with Gasteiger partial charge in [-0.05, 0) is 67.6 Å². The highest BCUT2D eigenvalue weighted by molar-refractivity contribution is 5.76. The molecule has 140 valence electrons. The Morgan fingerprint density at radius 3 is 2.88 bits per heavy atom. The lowest BCUT2D eigenvalue weighted by atomic mass is 9.47. The SMILES string of the molecule is C[C@]12CCC(=O)NC[C@@H]1CC[C@@H]1[C@@H]2CC[C@]2(C)C(n3ccnc3)=CC[C@@H]12. The Kier molecular flexibility index (Phi) is 3.64. The van der Waals surface area contributed by atoms with Crippen molar-refractivity contribution >= 4 is 11.6 Å². The zero-order valence-electron chi connectivity index (χ0n) is 16.1. The van der Waals surface area contributed by atoms with Crippen LogP contribution in [0.1, 0.15) is 58.8 Å². The van der Waals surface area contributed by atoms with Gasteiger partial charge < -0.3 is 9.88 Å². The molecule has 2 saturated carbocycles. The first-order valence-electron chi connectivity index (χ1n) is 10.5. The predicted molar refractivity (Wildman–Crippen MR) is 102 cm³/mol. The Labute approximate surface area is 156 Å². The van der Waals surface area contributed by atoms with Gasteiger partial charge in [0.2, 0.25) is 5.91 Å². The average Bonchev–Trinajstić information content (AvgIpc) is 3.22. The van der Waals surface area contributed by atoms with E-state index in [1.165, 1.54) is 37.8 Å². The van der Waals surface area contributed by atoms with E-state index in [1.807, 2.05) is 12.5 Å². The van der Waals surface area contributed by atoms with Gasteiger partial charge in [-0.15, -0.1) is 0 Å². The highest BCUT2D eigenvalue weighted by atomic mass is 16.1. The topological polar surface area (TPSA) is 46.9 Å². The van der Waals surface area contributed by atoms with Crippen molar-refractivity contribution in [3.8, 4) is 0 Å². The number of amides is 1. The van der Waals surface area contributed by atoms with Gasteiger partial charge in [0.05, 0.1) is 6.33 Å². The summed E-state index contributed by atoms with van der Waals surface area (Å²) in [6.07, 6.45) is 16.7. The summed E-state index contributed by atoms with van der Waals surface area (Å²) in [4.78, 5) is 16.3. The quantitative estimate of drug-likeness (QED) is 0.826. The molecule has 3 aliphatic carbocycles. The fourth-order valence-electron chi connectivity index (χ4n) is 7.31. The third-order valence-electron chi connectivity index (χ3n) is 8.82. The zero-order chi connectivity index (χ0) is 17.9. The molecule has 1 amide bonds. The number of hydrogen-bond acceptors (Lipinski definition) is 2. The van der Waals surface area contributed by atoms with E-state index in [0.717, 1.165) is 37.1 Å². The number of carbonyl (C=O) groups excluding carboxylic acids is 1. The summed E-state index contributed by atoms with van der Waals surface area (Å²) in [6, 6.07) is 0. The molecule has 1 aromatic heterocycles. The van der Waals surface area contributed by atoms with Gasteiger partial charge in [-0.2, -0.15) is 0 Å². The number of fused-ring (bicyclic) bond motifs is 5. The van der Waals surface area contributed by atoms with Crippen molar-refractivity contribution in [1.29, 1.82) is 0 Å². The molecule has 4 nitrogen and oxygen atoms in total. The number of carbonyl (C=O) groups is 1. The van der Waals surface area contributed by atoms with Crippen LogP contribution in [-0.4, -0.2) is 22.0 Å². The second-order valence-electron chi connectivity index (χ2n) is 9.71. The van der Waals surface area contributed by atoms with E-state index >= 15 is 0 Å². The molecular formula is C22H31N3O. The summed E-state index contributed by atoms with van der Waals surface area (Å²) < 4.78 is 2.25. The van der Waals surface area contributed by atoms with Gasteiger partial charge in [-0.25, -0.2) is 4.98 Å². The summed E-state index contributed by atoms with van der Waals surface area (Å²) in [7, 11) is 0. The van der Waals surface area contributed by atoms with Crippen LogP contribution in [0.4, 0.5) is 0 Å². The second kappa shape index (κ2) is 5.71. The average molecular weight is 354 g/mol. The summed E-state index contributed by atoms with van der Waals surface area (Å²) in [6.45, 7) is 5.91. The van der Waals surface area contributed by atoms with Gasteiger partial charge in [-0.1, -0.05) is 19.9 Å². The third-order valence-corrected chi connectivity index (χ3v) is 8.82. The zero-order valence-corrected chi connectivity index (χ0v) is 16.1. The molecule has 0 spiro atoms. The molecule has 1 N–H and O–H groups in total. The summed E-state index contributed by atoms with van der Waals surface area (Å²) in [5.74, 6) is 3.27. The molecule has 4 aliphatic rings. The molecule has 1 saturated heterocycles. The first-order valence-corrected chi connectivity index (χ1v) is 10.5. The predicted octanol–water partition coefficient (Wildman–Crippen LogP) is 4.10. The van der Waals surface area contributed by atoms with Gasteiger partial charge in [0, 0.05) is 36.5 Å². The number of imidazole rings is 1. The minimum absolute atomic E-state index is 0.266. The molecule has 2 heterocycles. The number of rotatable bonds is 1. The maximum Gasteiger partial charge on any atom is 0.220 e. The summed E-state index contributed by atoms with van der Waals surface area (Å²) >= 11 is 0. The van der Waals surface area contributed by atoms with Crippen LogP contribution in [0.5, 0.6) is 0 Å². The molecular weight excluding hydrogens is 322 g/mol. The Bertz CT molecular complexity index is 739. The molecule has 6 atom stereocenters. The molecule has 3 fully saturated rings. The number of nitrogens with zero attached hydrogens (tertiary/aromatic N) is 2. The summed E-state index contributed by atoms with van der Waals surface area (Å²) in [5, 5.41) is 3.18. The smallest absolute Gasteiger partial charge is 0.220 e. The molecule has 4 heteroatoms. The Hall–Kier alpha value is -1.58. The molecule has 0 bridgehead atoms. The normalized spacial score (nSPS) is 45.0. The van der Waals surface area contributed by atoms with Gasteiger partial charge in [0.1, 0.15) is 0 Å². The lowest BCUT2D eigenvalue weighted by Crippen LogP contribution is -2.52. The van der Waals surface area contributed by atoms with Crippen LogP contribution >= 0.6 is 0 Å². The number of allylic oxidation sites excluding steroid dienone is 2. The number of aromatic nitrogens is 2. The first kappa shape index (κ1) is 16.6. The van der Waals surface area contributed by atoms with Crippen molar-refractivity contribution in [2.45, 2.75) is 58.8 Å². The van der Waals surface area contributed by atoms with E-state index in [4.69, 9.17) is 0 Å². The minimum Gasteiger partial charge on any atom is -0.356 e. The number of hydrogen-bond donors (Lipinski definition) is 1. The van der Waals surface area contributed by atoms with E-state index in [-0.39, 0.29) is 11.3 Å². The highest BCUT2D eigenvalue weighted by Gasteiger charge is 2.58. The Balaban J connectivity index is 1.45. The van der Waals surface area contributed by atoms with Crippen molar-refractivity contribution in [1.82, 2.24) is 14.9 Å². The van der Waals surface area contributed by atoms with Gasteiger partial charge in [0.15, 0.2) is 0 Å². The van der Waals surface area contributed by atoms with Crippen LogP contribution in [0.3, 0.4) is 0 Å². The van der Waals surface area contributed by atoms with Gasteiger partial charge >= 0.3 is 0 Å². The van der Waals surface area contributed by atoms with Crippen molar-refractivity contribution in [3.63, 3.8) is 0 Å². The lowest BCUT2D eigenvalue weighted by molar-refractivity contribution is -0.121. The molecule has 5 rings (SSSR count). The van der Waals surface area contributed by atoms with Crippen LogP contribution in [0.25, 0.3) is 5.70 Å². The molecule has 26 heavy (non-hydrogen) atoms. The van der Waals surface area contributed by atoms with Crippen LogP contribution in [-0.2, 0) is 4.79 Å². The van der Waals surface area contributed by atoms with Gasteiger partial charge in [0.25, 0.3) is 0 Å². The number of nitrogens with one attached hydrogen (secondary N) is 1. The largest absolute Gasteiger partial charge is 0.356 e. The van der Waals surface area contributed by atoms with E-state index in [9.17, 15) is 4.79 Å². The van der Waals surface area contributed by atoms with Crippen LogP contribution < -0.4 is 5.32 Å². The van der Waals surface area contributed by atoms with Crippen molar-refractivity contribution < 1.29 is 4.79 Å². The van der Waals surface area contributed by atoms with Crippen molar-refractivity contribution in [2.75, 3.05) is 6.54 Å². The monoisotopic (exact) mass is 353 g/mol. The van der Waals surface area contributed by atoms with Crippen molar-refractivity contribution in [3.05, 3.63) is 24.8 Å². The minimum atomic E-state index is 0.266. The molecule has 1 aliphatic heterocycles. The van der Waals surface area contributed by atoms with Crippen LogP contribution in [0.2, 0.25) is 0 Å². The second-order valence-corrected chi connectivity index (χ2v) is 9.71. The molecule has 0 radical (unpaired) electrons. The third kappa shape index (κ3) is 2.20. The first-order chi connectivity index (χ1) is 12.5. The molecule has 0 unspecified atom stereocenters. The molecule has 1 aromatic rings. The maximum absolute atomic E-state index is 12.0. The Morgan fingerprint density at radius 1 is 1.19 bits per heavy atom. The van der Waals surface area contributed by atoms with Crippen molar-refractivity contribution in [2.24, 2.45) is 34.5 Å². The maximum atomic E-state index is 12.0. The van der Waals surface area contributed by atoms with Crippen LogP contribution in [0.15, 0.2) is 24.8 Å². The van der Waals surface area contributed by atoms with E-state index < -0.39 is 0 Å². The Morgan fingerprint density at radius 2 is 2.08 bits per heavy atom. The fraction of sp³-hybridized carbons (Fsp3) is 0.727. The molecule has 0 aromatic carbocycles.